The molecule has 2 aromatic rings. The molecule has 1 aromatic carbocycles. The number of anilines is 1. The number of benzene rings is 1. The van der Waals surface area contributed by atoms with Crippen molar-refractivity contribution >= 4 is 17.6 Å². The summed E-state index contributed by atoms with van der Waals surface area (Å²) in [5.74, 6) is 0.274. The highest BCUT2D eigenvalue weighted by Crippen LogP contribution is 2.26. The van der Waals surface area contributed by atoms with Crippen LogP contribution in [-0.4, -0.2) is 39.6 Å². The van der Waals surface area contributed by atoms with Gasteiger partial charge < -0.3 is 10.2 Å². The molecule has 0 atom stereocenters. The molecule has 0 unspecified atom stereocenters. The molecule has 146 valence electrons. The number of aryl methyl sites for hydroxylation is 1. The minimum absolute atomic E-state index is 0.0348. The molecule has 0 saturated carbocycles. The SMILES string of the molecule is CCCN(CC(=O)Nc1cc(C(C)(C)C)nn1-c1ccc(C)cc1)C(C)=O. The number of hydrogen-bond acceptors (Lipinski definition) is 3. The Hall–Kier alpha value is -2.63. The lowest BCUT2D eigenvalue weighted by atomic mass is 9.92. The summed E-state index contributed by atoms with van der Waals surface area (Å²) >= 11 is 0. The second-order valence-electron chi connectivity index (χ2n) is 7.90. The maximum Gasteiger partial charge on any atom is 0.245 e. The van der Waals surface area contributed by atoms with E-state index in [1.165, 1.54) is 6.92 Å². The highest BCUT2D eigenvalue weighted by Gasteiger charge is 2.22. The summed E-state index contributed by atoms with van der Waals surface area (Å²) in [6, 6.07) is 9.87. The van der Waals surface area contributed by atoms with E-state index < -0.39 is 0 Å². The van der Waals surface area contributed by atoms with E-state index in [4.69, 9.17) is 5.10 Å². The Bertz CT molecular complexity index is 801. The first kappa shape index (κ1) is 20.7. The average molecular weight is 370 g/mol. The van der Waals surface area contributed by atoms with Crippen molar-refractivity contribution in [1.29, 1.82) is 0 Å². The summed E-state index contributed by atoms with van der Waals surface area (Å²) in [4.78, 5) is 25.8. The van der Waals surface area contributed by atoms with Crippen molar-refractivity contribution in [1.82, 2.24) is 14.7 Å². The van der Waals surface area contributed by atoms with Gasteiger partial charge in [0, 0.05) is 24.9 Å². The van der Waals surface area contributed by atoms with Crippen molar-refractivity contribution < 1.29 is 9.59 Å². The molecule has 0 spiro atoms. The van der Waals surface area contributed by atoms with Gasteiger partial charge in [-0.05, 0) is 25.5 Å². The van der Waals surface area contributed by atoms with Crippen molar-refractivity contribution in [2.45, 2.75) is 53.4 Å². The Morgan fingerprint density at radius 3 is 2.33 bits per heavy atom. The summed E-state index contributed by atoms with van der Waals surface area (Å²) in [6.07, 6.45) is 0.808. The quantitative estimate of drug-likeness (QED) is 0.843. The fraction of sp³-hybridized carbons (Fsp3) is 0.476. The van der Waals surface area contributed by atoms with Gasteiger partial charge in [0.05, 0.1) is 17.9 Å². The normalized spacial score (nSPS) is 11.3. The highest BCUT2D eigenvalue weighted by molar-refractivity contribution is 5.94. The molecule has 0 aliphatic rings. The molecule has 0 bridgehead atoms. The molecule has 6 nitrogen and oxygen atoms in total. The van der Waals surface area contributed by atoms with Crippen LogP contribution < -0.4 is 5.32 Å². The van der Waals surface area contributed by atoms with E-state index in [0.717, 1.165) is 23.4 Å². The number of nitrogens with one attached hydrogen (secondary N) is 1. The molecule has 0 fully saturated rings. The van der Waals surface area contributed by atoms with E-state index in [2.05, 4.69) is 26.1 Å². The monoisotopic (exact) mass is 370 g/mol. The Balaban J connectivity index is 2.31. The van der Waals surface area contributed by atoms with Gasteiger partial charge in [0.15, 0.2) is 0 Å². The van der Waals surface area contributed by atoms with Crippen molar-refractivity contribution in [3.63, 3.8) is 0 Å². The van der Waals surface area contributed by atoms with Crippen LogP contribution in [0.4, 0.5) is 5.82 Å². The predicted octanol–water partition coefficient (Wildman–Crippen LogP) is 3.68. The molecule has 0 aliphatic heterocycles. The topological polar surface area (TPSA) is 67.2 Å². The van der Waals surface area contributed by atoms with Crippen LogP contribution in [0.25, 0.3) is 5.69 Å². The van der Waals surface area contributed by atoms with Gasteiger partial charge in [0.2, 0.25) is 11.8 Å². The molecule has 2 rings (SSSR count). The maximum absolute atomic E-state index is 12.6. The Morgan fingerprint density at radius 2 is 1.81 bits per heavy atom. The third kappa shape index (κ3) is 5.42. The van der Waals surface area contributed by atoms with E-state index >= 15 is 0 Å². The second kappa shape index (κ2) is 8.37. The molecule has 0 aliphatic carbocycles. The van der Waals surface area contributed by atoms with E-state index in [0.29, 0.717) is 12.4 Å². The number of carbonyl (C=O) groups excluding carboxylic acids is 2. The summed E-state index contributed by atoms with van der Waals surface area (Å²) in [5, 5.41) is 7.63. The second-order valence-corrected chi connectivity index (χ2v) is 7.90. The third-order valence-corrected chi connectivity index (χ3v) is 4.30. The average Bonchev–Trinajstić information content (AvgIpc) is 2.99. The van der Waals surface area contributed by atoms with Gasteiger partial charge in [-0.15, -0.1) is 0 Å². The lowest BCUT2D eigenvalue weighted by molar-refractivity contribution is -0.132. The van der Waals surface area contributed by atoms with Gasteiger partial charge in [-0.1, -0.05) is 45.4 Å². The van der Waals surface area contributed by atoms with Crippen molar-refractivity contribution in [3.8, 4) is 5.69 Å². The number of carbonyl (C=O) groups is 2. The molecular weight excluding hydrogens is 340 g/mol. The van der Waals surface area contributed by atoms with Crippen molar-refractivity contribution in [2.24, 2.45) is 0 Å². The highest BCUT2D eigenvalue weighted by atomic mass is 16.2. The molecule has 1 heterocycles. The van der Waals surface area contributed by atoms with Crippen LogP contribution in [0.15, 0.2) is 30.3 Å². The Labute approximate surface area is 161 Å². The zero-order chi connectivity index (χ0) is 20.2. The molecule has 27 heavy (non-hydrogen) atoms. The van der Waals surface area contributed by atoms with Crippen LogP contribution in [0.5, 0.6) is 0 Å². The largest absolute Gasteiger partial charge is 0.334 e. The number of rotatable bonds is 6. The lowest BCUT2D eigenvalue weighted by Gasteiger charge is -2.19. The molecule has 6 heteroatoms. The van der Waals surface area contributed by atoms with Crippen LogP contribution >= 0.6 is 0 Å². The molecule has 0 radical (unpaired) electrons. The van der Waals surface area contributed by atoms with Gasteiger partial charge in [-0.3, -0.25) is 9.59 Å². The fourth-order valence-corrected chi connectivity index (χ4v) is 2.69. The molecule has 1 aromatic heterocycles. The van der Waals surface area contributed by atoms with Gasteiger partial charge in [0.25, 0.3) is 0 Å². The number of hydrogen-bond donors (Lipinski definition) is 1. The van der Waals surface area contributed by atoms with E-state index in [9.17, 15) is 9.59 Å². The first-order valence-electron chi connectivity index (χ1n) is 9.34. The van der Waals surface area contributed by atoms with Gasteiger partial charge in [0.1, 0.15) is 5.82 Å². The Kier molecular flexibility index (Phi) is 6.41. The van der Waals surface area contributed by atoms with Crippen LogP contribution in [0.1, 0.15) is 52.3 Å². The summed E-state index contributed by atoms with van der Waals surface area (Å²) < 4.78 is 1.75. The minimum Gasteiger partial charge on any atom is -0.334 e. The summed E-state index contributed by atoms with van der Waals surface area (Å²) in [7, 11) is 0. The van der Waals surface area contributed by atoms with Crippen LogP contribution in [0, 0.1) is 6.92 Å². The Morgan fingerprint density at radius 1 is 1.19 bits per heavy atom. The smallest absolute Gasteiger partial charge is 0.245 e. The number of aromatic nitrogens is 2. The summed E-state index contributed by atoms with van der Waals surface area (Å²) in [5.41, 5.74) is 2.77. The minimum atomic E-state index is -0.229. The van der Waals surface area contributed by atoms with Gasteiger partial charge in [-0.25, -0.2) is 4.68 Å². The zero-order valence-corrected chi connectivity index (χ0v) is 17.2. The van der Waals surface area contributed by atoms with E-state index in [-0.39, 0.29) is 23.8 Å². The van der Waals surface area contributed by atoms with Crippen molar-refractivity contribution in [2.75, 3.05) is 18.4 Å². The van der Waals surface area contributed by atoms with Gasteiger partial charge >= 0.3 is 0 Å². The maximum atomic E-state index is 12.6. The molecule has 1 N–H and O–H groups in total. The molecule has 0 saturated heterocycles. The lowest BCUT2D eigenvalue weighted by Crippen LogP contribution is -2.37. The fourth-order valence-electron chi connectivity index (χ4n) is 2.69. The standard InChI is InChI=1S/C21H30N4O2/c1-7-12-24(16(3)26)14-20(27)22-19-13-18(21(4,5)6)23-25(19)17-10-8-15(2)9-11-17/h8-11,13H,7,12,14H2,1-6H3,(H,22,27). The van der Waals surface area contributed by atoms with Crippen LogP contribution in [0.3, 0.4) is 0 Å². The van der Waals surface area contributed by atoms with E-state index in [1.807, 2.05) is 44.2 Å². The first-order chi connectivity index (χ1) is 12.6. The number of nitrogens with zero attached hydrogens (tertiary/aromatic N) is 3. The summed E-state index contributed by atoms with van der Waals surface area (Å²) in [6.45, 7) is 12.3. The third-order valence-electron chi connectivity index (χ3n) is 4.30. The van der Waals surface area contributed by atoms with E-state index in [1.54, 1.807) is 9.58 Å². The van der Waals surface area contributed by atoms with Crippen molar-refractivity contribution in [3.05, 3.63) is 41.6 Å². The molecular formula is C21H30N4O2. The number of amides is 2. The van der Waals surface area contributed by atoms with Gasteiger partial charge in [-0.2, -0.15) is 5.10 Å². The van der Waals surface area contributed by atoms with Crippen LogP contribution in [0.2, 0.25) is 0 Å². The van der Waals surface area contributed by atoms with Crippen LogP contribution in [-0.2, 0) is 15.0 Å². The zero-order valence-electron chi connectivity index (χ0n) is 17.2. The predicted molar refractivity (Wildman–Crippen MR) is 108 cm³/mol. The molecule has 2 amide bonds. The first-order valence-corrected chi connectivity index (χ1v) is 9.34.